The number of rotatable bonds is 5. The van der Waals surface area contributed by atoms with E-state index in [2.05, 4.69) is 10.3 Å². The first kappa shape index (κ1) is 19.6. The summed E-state index contributed by atoms with van der Waals surface area (Å²) in [4.78, 5) is 31.3. The molecule has 2 N–H and O–H groups in total. The molecule has 2 heterocycles. The molecule has 4 rings (SSSR count). The van der Waals surface area contributed by atoms with Crippen molar-refractivity contribution in [2.75, 3.05) is 11.9 Å². The van der Waals surface area contributed by atoms with E-state index in [-0.39, 0.29) is 23.1 Å². The Morgan fingerprint density at radius 1 is 1.00 bits per heavy atom. The molecule has 1 atom stereocenters. The van der Waals surface area contributed by atoms with Crippen LogP contribution in [0.4, 0.5) is 5.69 Å². The number of nitrogens with one attached hydrogen (secondary N) is 1. The van der Waals surface area contributed by atoms with Crippen LogP contribution in [0.2, 0.25) is 0 Å². The Kier molecular flexibility index (Phi) is 5.75. The minimum Gasteiger partial charge on any atom is -0.507 e. The first-order valence-corrected chi connectivity index (χ1v) is 9.99. The van der Waals surface area contributed by atoms with Gasteiger partial charge in [0.1, 0.15) is 11.8 Å². The minimum absolute atomic E-state index is 0.0710. The highest BCUT2D eigenvalue weighted by Gasteiger charge is 2.35. The molecular weight excluding hydrogens is 378 g/mol. The molecule has 1 aliphatic rings. The zero-order chi connectivity index (χ0) is 20.9. The van der Waals surface area contributed by atoms with Crippen LogP contribution in [-0.4, -0.2) is 39.4 Å². The molecule has 0 aliphatic carbocycles. The number of phenolic OH excluding ortho intramolecular Hbond substituents is 1. The van der Waals surface area contributed by atoms with Crippen LogP contribution in [0.5, 0.6) is 5.75 Å². The number of likely N-dealkylation sites (tertiary alicyclic amines) is 1. The Bertz CT molecular complexity index is 1040. The van der Waals surface area contributed by atoms with Gasteiger partial charge in [0.2, 0.25) is 5.91 Å². The van der Waals surface area contributed by atoms with E-state index in [1.54, 1.807) is 35.5 Å². The van der Waals surface area contributed by atoms with Crippen LogP contribution in [-0.2, 0) is 11.2 Å². The third-order valence-electron chi connectivity index (χ3n) is 5.33. The summed E-state index contributed by atoms with van der Waals surface area (Å²) in [6.45, 7) is 0.496. The highest BCUT2D eigenvalue weighted by molar-refractivity contribution is 6.02. The summed E-state index contributed by atoms with van der Waals surface area (Å²) in [5.74, 6) is -0.602. The Morgan fingerprint density at radius 2 is 1.70 bits per heavy atom. The molecule has 3 aromatic rings. The number of para-hydroxylation sites is 1. The van der Waals surface area contributed by atoms with E-state index in [1.165, 1.54) is 11.6 Å². The molecule has 2 amide bonds. The maximum absolute atomic E-state index is 12.8. The fraction of sp³-hybridized carbons (Fsp3) is 0.208. The summed E-state index contributed by atoms with van der Waals surface area (Å²) < 4.78 is 0. The molecule has 0 bridgehead atoms. The fourth-order valence-electron chi connectivity index (χ4n) is 3.76. The summed E-state index contributed by atoms with van der Waals surface area (Å²) in [7, 11) is 0. The number of hydrogen-bond donors (Lipinski definition) is 2. The van der Waals surface area contributed by atoms with E-state index in [1.807, 2.05) is 36.4 Å². The Labute approximate surface area is 175 Å². The lowest BCUT2D eigenvalue weighted by Crippen LogP contribution is -2.43. The quantitative estimate of drug-likeness (QED) is 0.684. The molecule has 0 saturated carbocycles. The maximum Gasteiger partial charge on any atom is 0.258 e. The largest absolute Gasteiger partial charge is 0.507 e. The number of nitrogens with zero attached hydrogens (tertiary/aromatic N) is 2. The average Bonchev–Trinajstić information content (AvgIpc) is 3.26. The lowest BCUT2D eigenvalue weighted by molar-refractivity contribution is -0.119. The van der Waals surface area contributed by atoms with Crippen molar-refractivity contribution in [3.63, 3.8) is 0 Å². The number of carbonyl (C=O) groups is 2. The van der Waals surface area contributed by atoms with E-state index in [4.69, 9.17) is 0 Å². The normalized spacial score (nSPS) is 15.7. The van der Waals surface area contributed by atoms with Crippen LogP contribution >= 0.6 is 0 Å². The Hall–Kier alpha value is -3.67. The van der Waals surface area contributed by atoms with Crippen LogP contribution in [0.15, 0.2) is 73.1 Å². The molecule has 1 saturated heterocycles. The third kappa shape index (κ3) is 4.33. The number of benzene rings is 2. The zero-order valence-electron chi connectivity index (χ0n) is 16.5. The summed E-state index contributed by atoms with van der Waals surface area (Å²) in [6, 6.07) is 17.5. The maximum atomic E-state index is 12.8. The lowest BCUT2D eigenvalue weighted by Gasteiger charge is -2.24. The van der Waals surface area contributed by atoms with Gasteiger partial charge in [-0.1, -0.05) is 24.3 Å². The van der Waals surface area contributed by atoms with Gasteiger partial charge in [-0.05, 0) is 66.8 Å². The first-order chi connectivity index (χ1) is 14.6. The number of amides is 2. The van der Waals surface area contributed by atoms with Gasteiger partial charge in [0.25, 0.3) is 5.91 Å². The highest BCUT2D eigenvalue weighted by Crippen LogP contribution is 2.25. The summed E-state index contributed by atoms with van der Waals surface area (Å²) in [6.07, 6.45) is 5.69. The van der Waals surface area contributed by atoms with Crippen molar-refractivity contribution >= 4 is 17.5 Å². The molecule has 1 aliphatic heterocycles. The van der Waals surface area contributed by atoms with E-state index >= 15 is 0 Å². The fourth-order valence-corrected chi connectivity index (χ4v) is 3.76. The second-order valence-corrected chi connectivity index (χ2v) is 7.39. The van der Waals surface area contributed by atoms with Crippen molar-refractivity contribution < 1.29 is 14.7 Å². The second-order valence-electron chi connectivity index (χ2n) is 7.39. The zero-order valence-corrected chi connectivity index (χ0v) is 16.5. The number of hydrogen-bond acceptors (Lipinski definition) is 4. The number of pyridine rings is 1. The summed E-state index contributed by atoms with van der Waals surface area (Å²) in [5.41, 5.74) is 3.22. The standard InChI is InChI=1S/C24H23N3O3/c28-22-6-2-1-4-20(22)24(30)27-15-3-5-21(27)23(29)26-19-9-7-17(8-10-19)16-18-11-13-25-14-12-18/h1-2,4,6-14,21,28H,3,5,15-16H2,(H,26,29). The van der Waals surface area contributed by atoms with Gasteiger partial charge in [-0.25, -0.2) is 0 Å². The minimum atomic E-state index is -0.548. The predicted molar refractivity (Wildman–Crippen MR) is 114 cm³/mol. The number of anilines is 1. The summed E-state index contributed by atoms with van der Waals surface area (Å²) in [5, 5.41) is 12.9. The third-order valence-corrected chi connectivity index (χ3v) is 5.33. The number of aromatic hydroxyl groups is 1. The Balaban J connectivity index is 1.41. The van der Waals surface area contributed by atoms with Crippen molar-refractivity contribution in [2.45, 2.75) is 25.3 Å². The van der Waals surface area contributed by atoms with Gasteiger partial charge < -0.3 is 15.3 Å². The van der Waals surface area contributed by atoms with Crippen LogP contribution < -0.4 is 5.32 Å². The molecule has 6 nitrogen and oxygen atoms in total. The second kappa shape index (κ2) is 8.78. The van der Waals surface area contributed by atoms with Crippen LogP contribution in [0.25, 0.3) is 0 Å². The van der Waals surface area contributed by atoms with Crippen molar-refractivity contribution in [1.29, 1.82) is 0 Å². The van der Waals surface area contributed by atoms with E-state index in [9.17, 15) is 14.7 Å². The van der Waals surface area contributed by atoms with E-state index in [0.717, 1.165) is 18.4 Å². The van der Waals surface area contributed by atoms with Crippen molar-refractivity contribution in [1.82, 2.24) is 9.88 Å². The molecule has 0 spiro atoms. The first-order valence-electron chi connectivity index (χ1n) is 9.99. The number of aromatic nitrogens is 1. The SMILES string of the molecule is O=C(Nc1ccc(Cc2ccncc2)cc1)C1CCCN1C(=O)c1ccccc1O. The molecule has 2 aromatic carbocycles. The lowest BCUT2D eigenvalue weighted by atomic mass is 10.1. The molecule has 1 unspecified atom stereocenters. The molecule has 6 heteroatoms. The highest BCUT2D eigenvalue weighted by atomic mass is 16.3. The monoisotopic (exact) mass is 401 g/mol. The molecule has 1 aromatic heterocycles. The van der Waals surface area contributed by atoms with Gasteiger partial charge in [0.15, 0.2) is 0 Å². The topological polar surface area (TPSA) is 82.5 Å². The molecule has 152 valence electrons. The van der Waals surface area contributed by atoms with E-state index in [0.29, 0.717) is 18.7 Å². The summed E-state index contributed by atoms with van der Waals surface area (Å²) >= 11 is 0. The van der Waals surface area contributed by atoms with Crippen molar-refractivity contribution in [3.8, 4) is 5.75 Å². The van der Waals surface area contributed by atoms with Gasteiger partial charge in [-0.2, -0.15) is 0 Å². The van der Waals surface area contributed by atoms with Crippen molar-refractivity contribution in [3.05, 3.63) is 89.7 Å². The van der Waals surface area contributed by atoms with Crippen LogP contribution in [0, 0.1) is 0 Å². The molecule has 30 heavy (non-hydrogen) atoms. The average molecular weight is 401 g/mol. The van der Waals surface area contributed by atoms with E-state index < -0.39 is 6.04 Å². The molecular formula is C24H23N3O3. The molecule has 1 fully saturated rings. The smallest absolute Gasteiger partial charge is 0.258 e. The van der Waals surface area contributed by atoms with Gasteiger partial charge in [0.05, 0.1) is 5.56 Å². The predicted octanol–water partition coefficient (Wildman–Crippen LogP) is 3.62. The number of carbonyl (C=O) groups excluding carboxylic acids is 2. The van der Waals surface area contributed by atoms with Gasteiger partial charge in [-0.3, -0.25) is 14.6 Å². The van der Waals surface area contributed by atoms with Crippen molar-refractivity contribution in [2.24, 2.45) is 0 Å². The van der Waals surface area contributed by atoms with Crippen LogP contribution in [0.1, 0.15) is 34.3 Å². The van der Waals surface area contributed by atoms with Gasteiger partial charge >= 0.3 is 0 Å². The van der Waals surface area contributed by atoms with Gasteiger partial charge in [0, 0.05) is 24.6 Å². The van der Waals surface area contributed by atoms with Crippen LogP contribution in [0.3, 0.4) is 0 Å². The molecule has 0 radical (unpaired) electrons. The number of phenols is 1. The Morgan fingerprint density at radius 3 is 2.43 bits per heavy atom. The van der Waals surface area contributed by atoms with Gasteiger partial charge in [-0.15, -0.1) is 0 Å².